The fraction of sp³-hybridized carbons (Fsp3) is 0.263. The molecule has 8 nitrogen and oxygen atoms in total. The highest BCUT2D eigenvalue weighted by atomic mass is 79.9. The second kappa shape index (κ2) is 8.52. The number of nitrogens with two attached hydrogens (primary N) is 1. The molecule has 29 heavy (non-hydrogen) atoms. The standard InChI is InChI=1S/C19H20BrN3O5S/c1-28-17-7-4-12(18(21)24)10-16(17)22-19(25)14-11-13(5-6-15(14)20)29(26,27)23-8-2-3-9-23/h4-7,10-11H,2-3,8-9H2,1H3,(H2,21,24)(H,22,25). The van der Waals surface area contributed by atoms with E-state index in [0.29, 0.717) is 23.3 Å². The summed E-state index contributed by atoms with van der Waals surface area (Å²) in [6, 6.07) is 8.71. The summed E-state index contributed by atoms with van der Waals surface area (Å²) in [7, 11) is -2.24. The van der Waals surface area contributed by atoms with Crippen LogP contribution in [0.25, 0.3) is 0 Å². The summed E-state index contributed by atoms with van der Waals surface area (Å²) in [6.07, 6.45) is 1.64. The number of primary amides is 1. The van der Waals surface area contributed by atoms with E-state index in [4.69, 9.17) is 10.5 Å². The van der Waals surface area contributed by atoms with Gasteiger partial charge >= 0.3 is 0 Å². The minimum absolute atomic E-state index is 0.0469. The molecule has 2 amide bonds. The highest BCUT2D eigenvalue weighted by Crippen LogP contribution is 2.29. The molecule has 1 heterocycles. The largest absolute Gasteiger partial charge is 0.495 e. The van der Waals surface area contributed by atoms with Crippen LogP contribution in [-0.2, 0) is 10.0 Å². The first-order valence-electron chi connectivity index (χ1n) is 8.83. The monoisotopic (exact) mass is 481 g/mol. The number of nitrogens with zero attached hydrogens (tertiary/aromatic N) is 1. The van der Waals surface area contributed by atoms with Crippen LogP contribution < -0.4 is 15.8 Å². The number of halogens is 1. The number of hydrogen-bond acceptors (Lipinski definition) is 5. The lowest BCUT2D eigenvalue weighted by atomic mass is 10.1. The molecular formula is C19H20BrN3O5S. The van der Waals surface area contributed by atoms with Gasteiger partial charge in [-0.15, -0.1) is 0 Å². The Morgan fingerprint density at radius 2 is 1.83 bits per heavy atom. The van der Waals surface area contributed by atoms with E-state index in [9.17, 15) is 18.0 Å². The Labute approximate surface area is 177 Å². The van der Waals surface area contributed by atoms with Crippen LogP contribution in [0, 0.1) is 0 Å². The molecule has 0 aliphatic carbocycles. The molecule has 0 atom stereocenters. The molecule has 10 heteroatoms. The SMILES string of the molecule is COc1ccc(C(N)=O)cc1NC(=O)c1cc(S(=O)(=O)N2CCCC2)ccc1Br. The van der Waals surface area contributed by atoms with Crippen LogP contribution >= 0.6 is 15.9 Å². The van der Waals surface area contributed by atoms with Crippen LogP contribution in [0.2, 0.25) is 0 Å². The van der Waals surface area contributed by atoms with Gasteiger partial charge in [0.1, 0.15) is 5.75 Å². The fourth-order valence-electron chi connectivity index (χ4n) is 3.06. The van der Waals surface area contributed by atoms with Crippen molar-refractivity contribution in [3.63, 3.8) is 0 Å². The number of sulfonamides is 1. The average Bonchev–Trinajstić information content (AvgIpc) is 3.23. The lowest BCUT2D eigenvalue weighted by Crippen LogP contribution is -2.28. The molecule has 0 bridgehead atoms. The first kappa shape index (κ1) is 21.3. The minimum atomic E-state index is -3.67. The number of methoxy groups -OCH3 is 1. The summed E-state index contributed by atoms with van der Waals surface area (Å²) in [5.41, 5.74) is 5.88. The van der Waals surface area contributed by atoms with E-state index in [0.717, 1.165) is 12.8 Å². The smallest absolute Gasteiger partial charge is 0.256 e. The normalized spacial score (nSPS) is 14.6. The summed E-state index contributed by atoms with van der Waals surface area (Å²) in [5, 5.41) is 2.65. The van der Waals surface area contributed by atoms with Crippen molar-refractivity contribution in [3.8, 4) is 5.75 Å². The third-order valence-electron chi connectivity index (χ3n) is 4.62. The van der Waals surface area contributed by atoms with Crippen molar-refractivity contribution >= 4 is 43.5 Å². The van der Waals surface area contributed by atoms with Crippen molar-refractivity contribution in [2.24, 2.45) is 5.73 Å². The van der Waals surface area contributed by atoms with E-state index in [-0.39, 0.29) is 21.7 Å². The van der Waals surface area contributed by atoms with Crippen molar-refractivity contribution in [2.45, 2.75) is 17.7 Å². The van der Waals surface area contributed by atoms with Gasteiger partial charge in [0, 0.05) is 23.1 Å². The quantitative estimate of drug-likeness (QED) is 0.656. The molecule has 2 aromatic rings. The molecule has 154 valence electrons. The summed E-state index contributed by atoms with van der Waals surface area (Å²) in [4.78, 5) is 24.3. The second-order valence-corrected chi connectivity index (χ2v) is 9.28. The number of benzene rings is 2. The van der Waals surface area contributed by atoms with Gasteiger partial charge in [0.15, 0.2) is 0 Å². The van der Waals surface area contributed by atoms with Gasteiger partial charge in [-0.3, -0.25) is 9.59 Å². The molecule has 3 N–H and O–H groups in total. The van der Waals surface area contributed by atoms with Crippen molar-refractivity contribution in [1.82, 2.24) is 4.31 Å². The highest BCUT2D eigenvalue weighted by molar-refractivity contribution is 9.10. The number of rotatable bonds is 6. The molecule has 1 aliphatic heterocycles. The van der Waals surface area contributed by atoms with Crippen LogP contribution in [-0.4, -0.2) is 44.7 Å². The minimum Gasteiger partial charge on any atom is -0.495 e. The maximum Gasteiger partial charge on any atom is 0.256 e. The first-order valence-corrected chi connectivity index (χ1v) is 11.1. The summed E-state index contributed by atoms with van der Waals surface area (Å²) < 4.78 is 32.7. The third-order valence-corrected chi connectivity index (χ3v) is 7.20. The van der Waals surface area contributed by atoms with E-state index in [2.05, 4.69) is 21.2 Å². The average molecular weight is 482 g/mol. The molecule has 1 fully saturated rings. The number of anilines is 1. The molecule has 0 aromatic heterocycles. The van der Waals surface area contributed by atoms with E-state index in [1.54, 1.807) is 0 Å². The Hall–Kier alpha value is -2.43. The zero-order valence-electron chi connectivity index (χ0n) is 15.6. The number of hydrogen-bond donors (Lipinski definition) is 2. The predicted octanol–water partition coefficient (Wildman–Crippen LogP) is 2.59. The number of amides is 2. The van der Waals surface area contributed by atoms with Crippen LogP contribution in [0.1, 0.15) is 33.6 Å². The Kier molecular flexibility index (Phi) is 6.25. The Morgan fingerprint density at radius 3 is 2.45 bits per heavy atom. The van der Waals surface area contributed by atoms with E-state index < -0.39 is 21.8 Å². The highest BCUT2D eigenvalue weighted by Gasteiger charge is 2.28. The fourth-order valence-corrected chi connectivity index (χ4v) is 5.04. The zero-order chi connectivity index (χ0) is 21.2. The van der Waals surface area contributed by atoms with Crippen molar-refractivity contribution in [2.75, 3.05) is 25.5 Å². The Balaban J connectivity index is 1.94. The van der Waals surface area contributed by atoms with Crippen LogP contribution in [0.15, 0.2) is 45.8 Å². The van der Waals surface area contributed by atoms with Gasteiger partial charge in [0.2, 0.25) is 15.9 Å². The maximum absolute atomic E-state index is 12.9. The number of ether oxygens (including phenoxy) is 1. The van der Waals surface area contributed by atoms with Gasteiger partial charge in [0.25, 0.3) is 5.91 Å². The molecule has 2 aromatic carbocycles. The molecular weight excluding hydrogens is 462 g/mol. The van der Waals surface area contributed by atoms with Gasteiger partial charge in [0.05, 0.1) is 23.3 Å². The predicted molar refractivity (Wildman–Crippen MR) is 112 cm³/mol. The van der Waals surface area contributed by atoms with Gasteiger partial charge in [-0.1, -0.05) is 0 Å². The molecule has 0 spiro atoms. The lowest BCUT2D eigenvalue weighted by molar-refractivity contribution is 0.0996. The number of carbonyl (C=O) groups excluding carboxylic acids is 2. The first-order chi connectivity index (χ1) is 13.7. The van der Waals surface area contributed by atoms with Gasteiger partial charge in [-0.25, -0.2) is 8.42 Å². The second-order valence-electron chi connectivity index (χ2n) is 6.49. The summed E-state index contributed by atoms with van der Waals surface area (Å²) in [6.45, 7) is 0.939. The van der Waals surface area contributed by atoms with Gasteiger partial charge in [-0.2, -0.15) is 4.31 Å². The van der Waals surface area contributed by atoms with E-state index in [1.165, 1.54) is 47.8 Å². The van der Waals surface area contributed by atoms with Gasteiger partial charge < -0.3 is 15.8 Å². The Bertz CT molecular complexity index is 1070. The van der Waals surface area contributed by atoms with Crippen molar-refractivity contribution < 1.29 is 22.7 Å². The molecule has 0 saturated carbocycles. The summed E-state index contributed by atoms with van der Waals surface area (Å²) >= 11 is 3.29. The summed E-state index contributed by atoms with van der Waals surface area (Å²) in [5.74, 6) is -0.876. The molecule has 0 unspecified atom stereocenters. The molecule has 3 rings (SSSR count). The van der Waals surface area contributed by atoms with Crippen molar-refractivity contribution in [3.05, 3.63) is 52.0 Å². The molecule has 1 saturated heterocycles. The van der Waals surface area contributed by atoms with Crippen LogP contribution in [0.3, 0.4) is 0 Å². The number of nitrogens with one attached hydrogen (secondary N) is 1. The maximum atomic E-state index is 12.9. The third kappa shape index (κ3) is 4.44. The molecule has 0 radical (unpaired) electrons. The lowest BCUT2D eigenvalue weighted by Gasteiger charge is -2.17. The van der Waals surface area contributed by atoms with Crippen LogP contribution in [0.4, 0.5) is 5.69 Å². The van der Waals surface area contributed by atoms with Crippen molar-refractivity contribution in [1.29, 1.82) is 0 Å². The van der Waals surface area contributed by atoms with E-state index >= 15 is 0 Å². The van der Waals surface area contributed by atoms with Crippen LogP contribution in [0.5, 0.6) is 5.75 Å². The Morgan fingerprint density at radius 1 is 1.14 bits per heavy atom. The van der Waals surface area contributed by atoms with Gasteiger partial charge in [-0.05, 0) is 65.2 Å². The van der Waals surface area contributed by atoms with E-state index in [1.807, 2.05) is 0 Å². The molecule has 1 aliphatic rings. The number of carbonyl (C=O) groups is 2. The topological polar surface area (TPSA) is 119 Å². The zero-order valence-corrected chi connectivity index (χ0v) is 18.0.